The van der Waals surface area contributed by atoms with Gasteiger partial charge >= 0.3 is 23.9 Å². The number of nitrogens with one attached hydrogen (secondary N) is 18. The molecule has 0 radical (unpaired) electrons. The second kappa shape index (κ2) is 49.7. The molecule has 118 heavy (non-hydrogen) atoms. The van der Waals surface area contributed by atoms with E-state index in [1.165, 1.54) is 27.7 Å². The number of amides is 18. The molecule has 0 aliphatic rings. The smallest absolute Gasteiger partial charge is 0.305 e. The standard InChI is InChI=1S/C71H109N21O26/c1-30(56(103)77-34(5)62(109)90-49(27-53(98)99)70(117)84-37(8)60(107)87-44(55(74)102)20-14-16-22-72)76-57(104)32(3)82-68(115)47(25-51(94)95)89-63(110)36(7)79-59(106)33(4)83-69(116)48(26-52(96)97)92-65(112)39(10)80-66(113)45(21-15-17-23-73)88-61(108)38(9)85-71(118)50(28-54(100)101)91-64(111)35(6)78-58(105)31(2)81-67(114)46(86-40(11)93)24-41-29-75-43-19-13-12-18-42(41)43/h12-13,18-19,29-39,44-50,75H,14-17,20-28,72-73H2,1-11H3,(H2,74,102)(H,76,104)(H,77,103)(H,78,105)(H,79,106)(H,80,113)(H,81,114)(H,82,115)(H,83,116)(H,84,117)(H,85,118)(H,86,93)(H,87,107)(H,88,108)(H,89,110)(H,90,109)(H,91,111)(H,92,112)(H,94,95)(H,96,97)(H,98,99)(H,100,101)/t30-,31-,32-,33-,34-,35-,36-,37-,38-,39-,44-,45-,46-,47-,48-,49-,50-/m0/s1. The Labute approximate surface area is 675 Å². The van der Waals surface area contributed by atoms with Crippen LogP contribution in [-0.4, -0.2) is 271 Å². The highest BCUT2D eigenvalue weighted by Gasteiger charge is 2.37. The largest absolute Gasteiger partial charge is 0.481 e. The number of carboxylic acid groups (broad SMARTS) is 4. The van der Waals surface area contributed by atoms with Crippen molar-refractivity contribution < 1.29 is 126 Å². The summed E-state index contributed by atoms with van der Waals surface area (Å²) in [7, 11) is 0. The molecule has 1 heterocycles. The molecule has 0 aliphatic carbocycles. The second-order valence-corrected chi connectivity index (χ2v) is 27.8. The Morgan fingerprint density at radius 2 is 0.534 bits per heavy atom. The molecular weight excluding hydrogens is 1560 g/mol. The van der Waals surface area contributed by atoms with Crippen molar-refractivity contribution >= 4 is 141 Å². The molecule has 0 saturated carbocycles. The van der Waals surface area contributed by atoms with Gasteiger partial charge in [-0.15, -0.1) is 0 Å². The number of hydrogen-bond donors (Lipinski definition) is 25. The van der Waals surface area contributed by atoms with Crippen molar-refractivity contribution in [2.45, 2.75) is 250 Å². The number of H-pyrrole nitrogens is 1. The van der Waals surface area contributed by atoms with Crippen LogP contribution in [0, 0.1) is 0 Å². The predicted octanol–water partition coefficient (Wildman–Crippen LogP) is -9.19. The van der Waals surface area contributed by atoms with E-state index in [4.69, 9.17) is 17.2 Å². The first kappa shape index (κ1) is 101. The molecule has 0 saturated heterocycles. The van der Waals surface area contributed by atoms with Crippen molar-refractivity contribution in [3.05, 3.63) is 36.0 Å². The van der Waals surface area contributed by atoms with Gasteiger partial charge in [0, 0.05) is 30.4 Å². The monoisotopic (exact) mass is 1670 g/mol. The van der Waals surface area contributed by atoms with E-state index in [1.807, 2.05) is 12.1 Å². The molecule has 0 aliphatic heterocycles. The highest BCUT2D eigenvalue weighted by Crippen LogP contribution is 2.20. The van der Waals surface area contributed by atoms with Crippen molar-refractivity contribution in [3.8, 4) is 0 Å². The molecule has 47 nitrogen and oxygen atoms in total. The van der Waals surface area contributed by atoms with E-state index >= 15 is 0 Å². The van der Waals surface area contributed by atoms with Crippen molar-refractivity contribution in [3.63, 3.8) is 0 Å². The minimum atomic E-state index is -1.98. The van der Waals surface area contributed by atoms with E-state index in [9.17, 15) is 126 Å². The number of benzene rings is 1. The molecule has 1 aromatic heterocycles. The van der Waals surface area contributed by atoms with Crippen molar-refractivity contribution in [2.24, 2.45) is 17.2 Å². The van der Waals surface area contributed by atoms with Gasteiger partial charge in [0.25, 0.3) is 0 Å². The molecule has 47 heteroatoms. The average Bonchev–Trinajstić information content (AvgIpc) is 1.68. The van der Waals surface area contributed by atoms with E-state index in [0.29, 0.717) is 31.4 Å². The number of aromatic amines is 1. The van der Waals surface area contributed by atoms with Crippen LogP contribution >= 0.6 is 0 Å². The fourth-order valence-corrected chi connectivity index (χ4v) is 10.7. The van der Waals surface area contributed by atoms with Gasteiger partial charge < -0.3 is 133 Å². The minimum absolute atomic E-state index is 0.0278. The molecule has 18 amide bonds. The number of fused-ring (bicyclic) bond motifs is 1. The Morgan fingerprint density at radius 3 is 0.797 bits per heavy atom. The number of carbonyl (C=O) groups excluding carboxylic acids is 18. The number of carbonyl (C=O) groups is 22. The Hall–Kier alpha value is -13.0. The molecule has 0 unspecified atom stereocenters. The summed E-state index contributed by atoms with van der Waals surface area (Å²) in [5.41, 5.74) is 18.0. The minimum Gasteiger partial charge on any atom is -0.481 e. The number of aliphatic carboxylic acids is 4. The number of para-hydroxylation sites is 1. The van der Waals surface area contributed by atoms with Crippen molar-refractivity contribution in [2.75, 3.05) is 13.1 Å². The Morgan fingerprint density at radius 1 is 0.305 bits per heavy atom. The summed E-state index contributed by atoms with van der Waals surface area (Å²) in [6.07, 6.45) is -1.20. The molecular formula is C71H109N21O26. The predicted molar refractivity (Wildman–Crippen MR) is 411 cm³/mol. The van der Waals surface area contributed by atoms with Gasteiger partial charge in [-0.1, -0.05) is 18.2 Å². The molecule has 2 rings (SSSR count). The first-order chi connectivity index (χ1) is 55.1. The Bertz CT molecular complexity index is 4010. The fourth-order valence-electron chi connectivity index (χ4n) is 10.7. The zero-order valence-electron chi connectivity index (χ0n) is 66.9. The zero-order chi connectivity index (χ0) is 89.7. The summed E-state index contributed by atoms with van der Waals surface area (Å²) in [6.45, 7) is 13.0. The van der Waals surface area contributed by atoms with Crippen molar-refractivity contribution in [1.29, 1.82) is 0 Å². The van der Waals surface area contributed by atoms with E-state index in [-0.39, 0.29) is 32.2 Å². The topological polar surface area (TPSA) is 755 Å². The summed E-state index contributed by atoms with van der Waals surface area (Å²) in [5, 5.41) is 77.7. The first-order valence-electron chi connectivity index (χ1n) is 37.4. The maximum Gasteiger partial charge on any atom is 0.305 e. The summed E-state index contributed by atoms with van der Waals surface area (Å²) in [5.74, 6) is -25.3. The number of rotatable bonds is 52. The van der Waals surface area contributed by atoms with E-state index in [0.717, 1.165) is 59.4 Å². The van der Waals surface area contributed by atoms with Gasteiger partial charge in [-0.3, -0.25) is 105 Å². The normalized spacial score (nSPS) is 15.3. The number of hydrogen-bond acceptors (Lipinski definition) is 24. The van der Waals surface area contributed by atoms with Gasteiger partial charge in [-0.05, 0) is 132 Å². The van der Waals surface area contributed by atoms with E-state index in [1.54, 1.807) is 18.3 Å². The van der Waals surface area contributed by atoms with Crippen LogP contribution in [0.25, 0.3) is 10.9 Å². The number of primary amides is 1. The highest BCUT2D eigenvalue weighted by molar-refractivity contribution is 6.02. The quantitative estimate of drug-likeness (QED) is 0.0274. The first-order valence-corrected chi connectivity index (χ1v) is 37.4. The summed E-state index contributed by atoms with van der Waals surface area (Å²) < 4.78 is 0. The van der Waals surface area contributed by atoms with Crippen LogP contribution in [-0.2, 0) is 112 Å². The number of carboxylic acids is 4. The molecule has 28 N–H and O–H groups in total. The Kier molecular flexibility index (Phi) is 42.6. The maximum atomic E-state index is 13.8. The molecule has 0 bridgehead atoms. The molecule has 1 aromatic carbocycles. The van der Waals surface area contributed by atoms with Crippen LogP contribution in [0.4, 0.5) is 0 Å². The van der Waals surface area contributed by atoms with Crippen LogP contribution in [0.5, 0.6) is 0 Å². The second-order valence-electron chi connectivity index (χ2n) is 27.8. The fraction of sp³-hybridized carbons (Fsp3) is 0.577. The van der Waals surface area contributed by atoms with Gasteiger partial charge in [-0.2, -0.15) is 0 Å². The van der Waals surface area contributed by atoms with Crippen LogP contribution < -0.4 is 108 Å². The summed E-state index contributed by atoms with van der Waals surface area (Å²) in [6, 6.07) is -19.5. The van der Waals surface area contributed by atoms with Gasteiger partial charge in [0.2, 0.25) is 106 Å². The lowest BCUT2D eigenvalue weighted by Crippen LogP contribution is -2.60. The third kappa shape index (κ3) is 35.8. The third-order valence-electron chi connectivity index (χ3n) is 17.5. The molecule has 0 spiro atoms. The number of nitrogens with two attached hydrogens (primary N) is 3. The molecule has 654 valence electrons. The van der Waals surface area contributed by atoms with Crippen LogP contribution in [0.1, 0.15) is 146 Å². The lowest BCUT2D eigenvalue weighted by atomic mass is 10.0. The third-order valence-corrected chi connectivity index (χ3v) is 17.5. The zero-order valence-corrected chi connectivity index (χ0v) is 66.9. The van der Waals surface area contributed by atoms with Crippen LogP contribution in [0.3, 0.4) is 0 Å². The van der Waals surface area contributed by atoms with Gasteiger partial charge in [0.1, 0.15) is 103 Å². The van der Waals surface area contributed by atoms with E-state index < -0.39 is 259 Å². The Balaban J connectivity index is 2.06. The van der Waals surface area contributed by atoms with Gasteiger partial charge in [-0.25, -0.2) is 0 Å². The maximum absolute atomic E-state index is 13.8. The van der Waals surface area contributed by atoms with Gasteiger partial charge in [0.05, 0.1) is 25.7 Å². The van der Waals surface area contributed by atoms with Gasteiger partial charge in [0.15, 0.2) is 0 Å². The molecule has 17 atom stereocenters. The van der Waals surface area contributed by atoms with Crippen molar-refractivity contribution in [1.82, 2.24) is 95.4 Å². The molecule has 0 fully saturated rings. The highest BCUT2D eigenvalue weighted by atomic mass is 16.4. The average molecular weight is 1670 g/mol. The summed E-state index contributed by atoms with van der Waals surface area (Å²) >= 11 is 0. The number of aromatic nitrogens is 1. The lowest BCUT2D eigenvalue weighted by Gasteiger charge is -2.26. The van der Waals surface area contributed by atoms with E-state index in [2.05, 4.69) is 95.4 Å². The molecule has 2 aromatic rings. The lowest BCUT2D eigenvalue weighted by molar-refractivity contribution is -0.142. The van der Waals surface area contributed by atoms with Crippen LogP contribution in [0.15, 0.2) is 30.5 Å². The van der Waals surface area contributed by atoms with Crippen LogP contribution in [0.2, 0.25) is 0 Å². The number of unbranched alkanes of at least 4 members (excludes halogenated alkanes) is 2. The summed E-state index contributed by atoms with van der Waals surface area (Å²) in [4.78, 5) is 288. The SMILES string of the molecule is CC(=O)N[C@@H](Cc1c[nH]c2ccccc12)C(=O)N[C@@H](C)C(=O)N[C@@H](C)C(=O)N[C@@H](CC(=O)O)C(=O)N[C@@H](C)C(=O)N[C@@H](CCCCN)C(=O)N[C@@H](C)C(=O)N[C@@H](CC(=O)O)C(=O)N[C@@H](C)C(=O)N[C@@H](C)C(=O)N[C@@H](CC(=O)O)C(=O)N[C@@H](C)C(=O)N[C@@H](C)C(=O)N[C@@H](C)C(=O)N[C@@H](CC(=O)O)C(=O)N[C@@H](C)C(=O)N[C@@H](CCCCN)C(N)=O.